The summed E-state index contributed by atoms with van der Waals surface area (Å²) in [4.78, 5) is 3.90. The molecule has 0 fully saturated rings. The van der Waals surface area contributed by atoms with Crippen molar-refractivity contribution in [2.45, 2.75) is 6.61 Å². The van der Waals surface area contributed by atoms with Crippen molar-refractivity contribution >= 4 is 0 Å². The van der Waals surface area contributed by atoms with E-state index >= 15 is 0 Å². The fourth-order valence-electron chi connectivity index (χ4n) is 1.13. The highest BCUT2D eigenvalue weighted by Gasteiger charge is 2.01. The van der Waals surface area contributed by atoms with Gasteiger partial charge in [-0.15, -0.1) is 0 Å². The number of methoxy groups -OCH3 is 1. The maximum absolute atomic E-state index is 9.02. The molecule has 1 rings (SSSR count). The molecular formula is C11H17NO4. The third kappa shape index (κ3) is 4.57. The summed E-state index contributed by atoms with van der Waals surface area (Å²) < 4.78 is 15.5. The van der Waals surface area contributed by atoms with Crippen LogP contribution in [0.15, 0.2) is 18.5 Å². The standard InChI is InChI=1S/C11H17NO4/c1-14-4-5-15-6-7-16-11-2-3-12-8-10(11)9-13/h2-3,8,13H,4-7,9H2,1H3. The smallest absolute Gasteiger partial charge is 0.128 e. The Balaban J connectivity index is 2.21. The van der Waals surface area contributed by atoms with E-state index in [1.165, 1.54) is 0 Å². The molecule has 0 aliphatic heterocycles. The van der Waals surface area contributed by atoms with E-state index in [1.54, 1.807) is 25.6 Å². The maximum Gasteiger partial charge on any atom is 0.128 e. The Bertz CT molecular complexity index is 293. The molecule has 0 unspecified atom stereocenters. The van der Waals surface area contributed by atoms with E-state index in [1.807, 2.05) is 0 Å². The van der Waals surface area contributed by atoms with E-state index < -0.39 is 0 Å². The molecule has 0 amide bonds. The van der Waals surface area contributed by atoms with Gasteiger partial charge < -0.3 is 19.3 Å². The van der Waals surface area contributed by atoms with Crippen molar-refractivity contribution in [3.63, 3.8) is 0 Å². The molecule has 1 N–H and O–H groups in total. The first-order chi connectivity index (χ1) is 7.88. The molecule has 0 aromatic carbocycles. The quantitative estimate of drug-likeness (QED) is 0.659. The van der Waals surface area contributed by atoms with Crippen molar-refractivity contribution in [1.29, 1.82) is 0 Å². The van der Waals surface area contributed by atoms with Crippen LogP contribution in [0.4, 0.5) is 0 Å². The number of aliphatic hydroxyl groups excluding tert-OH is 1. The third-order valence-electron chi connectivity index (χ3n) is 1.95. The second-order valence-corrected chi connectivity index (χ2v) is 3.10. The molecule has 16 heavy (non-hydrogen) atoms. The van der Waals surface area contributed by atoms with Crippen LogP contribution >= 0.6 is 0 Å². The highest BCUT2D eigenvalue weighted by Crippen LogP contribution is 2.15. The van der Waals surface area contributed by atoms with Gasteiger partial charge in [0.15, 0.2) is 0 Å². The zero-order valence-corrected chi connectivity index (χ0v) is 9.39. The SMILES string of the molecule is COCCOCCOc1ccncc1CO. The summed E-state index contributed by atoms with van der Waals surface area (Å²) in [7, 11) is 1.63. The molecule has 0 saturated heterocycles. The van der Waals surface area contributed by atoms with Crippen molar-refractivity contribution in [2.75, 3.05) is 33.5 Å². The summed E-state index contributed by atoms with van der Waals surface area (Å²) in [5, 5.41) is 9.02. The maximum atomic E-state index is 9.02. The van der Waals surface area contributed by atoms with Crippen LogP contribution in [0.1, 0.15) is 5.56 Å². The number of rotatable bonds is 8. The summed E-state index contributed by atoms with van der Waals surface area (Å²) >= 11 is 0. The molecule has 5 heteroatoms. The predicted molar refractivity (Wildman–Crippen MR) is 58.3 cm³/mol. The summed E-state index contributed by atoms with van der Waals surface area (Å²) in [6.45, 7) is 2.01. The topological polar surface area (TPSA) is 60.8 Å². The van der Waals surface area contributed by atoms with E-state index in [4.69, 9.17) is 19.3 Å². The Morgan fingerprint density at radius 1 is 1.25 bits per heavy atom. The number of nitrogens with zero attached hydrogens (tertiary/aromatic N) is 1. The summed E-state index contributed by atoms with van der Waals surface area (Å²) in [6.07, 6.45) is 3.21. The van der Waals surface area contributed by atoms with Crippen molar-refractivity contribution in [3.8, 4) is 5.75 Å². The molecule has 1 heterocycles. The monoisotopic (exact) mass is 227 g/mol. The van der Waals surface area contributed by atoms with Gasteiger partial charge in [0.1, 0.15) is 12.4 Å². The largest absolute Gasteiger partial charge is 0.491 e. The highest BCUT2D eigenvalue weighted by molar-refractivity contribution is 5.29. The van der Waals surface area contributed by atoms with Crippen molar-refractivity contribution < 1.29 is 19.3 Å². The number of ether oxygens (including phenoxy) is 3. The van der Waals surface area contributed by atoms with Crippen LogP contribution in [-0.4, -0.2) is 43.6 Å². The molecule has 0 atom stereocenters. The highest BCUT2D eigenvalue weighted by atomic mass is 16.5. The second-order valence-electron chi connectivity index (χ2n) is 3.10. The van der Waals surface area contributed by atoms with Gasteiger partial charge in [-0.3, -0.25) is 4.98 Å². The van der Waals surface area contributed by atoms with Crippen LogP contribution in [-0.2, 0) is 16.1 Å². The minimum absolute atomic E-state index is 0.0757. The van der Waals surface area contributed by atoms with Gasteiger partial charge in [-0.1, -0.05) is 0 Å². The number of aromatic nitrogens is 1. The third-order valence-corrected chi connectivity index (χ3v) is 1.95. The number of pyridine rings is 1. The summed E-state index contributed by atoms with van der Waals surface area (Å²) in [5.41, 5.74) is 0.680. The molecule has 0 spiro atoms. The van der Waals surface area contributed by atoms with Crippen LogP contribution in [0.2, 0.25) is 0 Å². The first kappa shape index (κ1) is 12.9. The first-order valence-electron chi connectivity index (χ1n) is 5.11. The van der Waals surface area contributed by atoms with Crippen LogP contribution in [0.25, 0.3) is 0 Å². The molecular weight excluding hydrogens is 210 g/mol. The van der Waals surface area contributed by atoms with Gasteiger partial charge in [0, 0.05) is 25.1 Å². The Kier molecular flexibility index (Phi) is 6.48. The van der Waals surface area contributed by atoms with Crippen molar-refractivity contribution in [3.05, 3.63) is 24.0 Å². The van der Waals surface area contributed by atoms with Gasteiger partial charge >= 0.3 is 0 Å². The van der Waals surface area contributed by atoms with E-state index in [2.05, 4.69) is 4.98 Å². The molecule has 0 radical (unpaired) electrons. The zero-order chi connectivity index (χ0) is 11.6. The van der Waals surface area contributed by atoms with Gasteiger partial charge in [-0.25, -0.2) is 0 Å². The van der Waals surface area contributed by atoms with Crippen LogP contribution < -0.4 is 4.74 Å². The number of hydrogen-bond acceptors (Lipinski definition) is 5. The molecule has 90 valence electrons. The Morgan fingerprint density at radius 3 is 2.81 bits per heavy atom. The normalized spacial score (nSPS) is 10.4. The average molecular weight is 227 g/mol. The minimum Gasteiger partial charge on any atom is -0.491 e. The molecule has 0 bridgehead atoms. The zero-order valence-electron chi connectivity index (χ0n) is 9.39. The minimum atomic E-state index is -0.0757. The Hall–Kier alpha value is -1.17. The van der Waals surface area contributed by atoms with Gasteiger partial charge in [-0.05, 0) is 6.07 Å². The van der Waals surface area contributed by atoms with Gasteiger partial charge in [-0.2, -0.15) is 0 Å². The van der Waals surface area contributed by atoms with Crippen molar-refractivity contribution in [2.24, 2.45) is 0 Å². The number of hydrogen-bond donors (Lipinski definition) is 1. The second kappa shape index (κ2) is 8.04. The van der Waals surface area contributed by atoms with Crippen LogP contribution in [0.3, 0.4) is 0 Å². The van der Waals surface area contributed by atoms with Crippen LogP contribution in [0.5, 0.6) is 5.75 Å². The fourth-order valence-corrected chi connectivity index (χ4v) is 1.13. The number of aliphatic hydroxyl groups is 1. The predicted octanol–water partition coefficient (Wildman–Crippen LogP) is 0.616. The van der Waals surface area contributed by atoms with E-state index in [-0.39, 0.29) is 6.61 Å². The Morgan fingerprint density at radius 2 is 2.06 bits per heavy atom. The summed E-state index contributed by atoms with van der Waals surface area (Å²) in [5.74, 6) is 0.646. The summed E-state index contributed by atoms with van der Waals surface area (Å²) in [6, 6.07) is 1.72. The molecule has 1 aromatic rings. The molecule has 0 aliphatic rings. The lowest BCUT2D eigenvalue weighted by Crippen LogP contribution is -2.10. The van der Waals surface area contributed by atoms with E-state index in [9.17, 15) is 0 Å². The lowest BCUT2D eigenvalue weighted by atomic mass is 10.3. The molecule has 5 nitrogen and oxygen atoms in total. The first-order valence-corrected chi connectivity index (χ1v) is 5.11. The lowest BCUT2D eigenvalue weighted by molar-refractivity contribution is 0.0540. The van der Waals surface area contributed by atoms with E-state index in [0.29, 0.717) is 37.7 Å². The molecule has 0 saturated carbocycles. The molecule has 1 aromatic heterocycles. The average Bonchev–Trinajstić information content (AvgIpc) is 2.34. The van der Waals surface area contributed by atoms with Gasteiger partial charge in [0.05, 0.1) is 26.4 Å². The van der Waals surface area contributed by atoms with Gasteiger partial charge in [0.2, 0.25) is 0 Å². The van der Waals surface area contributed by atoms with Crippen LogP contribution in [0, 0.1) is 0 Å². The van der Waals surface area contributed by atoms with Gasteiger partial charge in [0.25, 0.3) is 0 Å². The molecule has 0 aliphatic carbocycles. The Labute approximate surface area is 95.0 Å². The van der Waals surface area contributed by atoms with E-state index in [0.717, 1.165) is 0 Å². The lowest BCUT2D eigenvalue weighted by Gasteiger charge is -2.09. The van der Waals surface area contributed by atoms with Crippen molar-refractivity contribution in [1.82, 2.24) is 4.98 Å². The fraction of sp³-hybridized carbons (Fsp3) is 0.545.